The van der Waals surface area contributed by atoms with Gasteiger partial charge in [0.25, 0.3) is 0 Å². The van der Waals surface area contributed by atoms with Gasteiger partial charge in [-0.3, -0.25) is 0 Å². The summed E-state index contributed by atoms with van der Waals surface area (Å²) < 4.78 is 30.3. The molecule has 6 unspecified atom stereocenters. The molecule has 3 N–H and O–H groups in total. The smallest absolute Gasteiger partial charge is 0.229 e. The summed E-state index contributed by atoms with van der Waals surface area (Å²) in [5, 5.41) is 32.3. The number of aliphatic hydroxyl groups is 2. The first kappa shape index (κ1) is 22.3. The third kappa shape index (κ3) is 3.52. The Morgan fingerprint density at radius 3 is 2.24 bits per heavy atom. The maximum Gasteiger partial charge on any atom is 0.229 e. The van der Waals surface area contributed by atoms with E-state index in [4.69, 9.17) is 23.7 Å². The normalized spacial score (nSPS) is 32.6. The predicted molar refractivity (Wildman–Crippen MR) is 118 cm³/mol. The van der Waals surface area contributed by atoms with Gasteiger partial charge in [0, 0.05) is 17.5 Å². The maximum atomic E-state index is 10.9. The van der Waals surface area contributed by atoms with Crippen LogP contribution in [-0.4, -0.2) is 53.1 Å². The molecule has 0 aromatic heterocycles. The van der Waals surface area contributed by atoms with E-state index in [0.717, 1.165) is 11.3 Å². The molecule has 5 rings (SSSR count). The molecule has 8 nitrogen and oxygen atoms in total. The number of phenols is 1. The van der Waals surface area contributed by atoms with Crippen LogP contribution in [0.4, 0.5) is 0 Å². The predicted octanol–water partition coefficient (Wildman–Crippen LogP) is 3.22. The molecule has 3 aliphatic heterocycles. The zero-order chi connectivity index (χ0) is 23.4. The van der Waals surface area contributed by atoms with Gasteiger partial charge in [-0.1, -0.05) is 19.1 Å². The van der Waals surface area contributed by atoms with Crippen LogP contribution in [0.15, 0.2) is 24.3 Å². The van der Waals surface area contributed by atoms with Gasteiger partial charge in [-0.25, -0.2) is 0 Å². The molecule has 178 valence electrons. The van der Waals surface area contributed by atoms with Crippen molar-refractivity contribution in [2.24, 2.45) is 0 Å². The Labute approximate surface area is 192 Å². The van der Waals surface area contributed by atoms with Crippen LogP contribution in [-0.2, 0) is 9.47 Å². The number of rotatable bonds is 3. The van der Waals surface area contributed by atoms with Crippen LogP contribution < -0.4 is 14.2 Å². The van der Waals surface area contributed by atoms with E-state index >= 15 is 0 Å². The van der Waals surface area contributed by atoms with E-state index < -0.39 is 36.8 Å². The van der Waals surface area contributed by atoms with Crippen molar-refractivity contribution >= 4 is 0 Å². The maximum absolute atomic E-state index is 10.9. The van der Waals surface area contributed by atoms with E-state index in [2.05, 4.69) is 0 Å². The summed E-state index contributed by atoms with van der Waals surface area (Å²) in [7, 11) is 1.61. The summed E-state index contributed by atoms with van der Waals surface area (Å²) in [6, 6.07) is 7.60. The highest BCUT2D eigenvalue weighted by Crippen LogP contribution is 2.55. The van der Waals surface area contributed by atoms with Crippen LogP contribution in [0, 0.1) is 13.8 Å². The number of fused-ring (bicyclic) bond motifs is 1. The zero-order valence-corrected chi connectivity index (χ0v) is 19.1. The summed E-state index contributed by atoms with van der Waals surface area (Å²) >= 11 is 0. The van der Waals surface area contributed by atoms with Crippen molar-refractivity contribution in [3.8, 4) is 23.0 Å². The summed E-state index contributed by atoms with van der Waals surface area (Å²) in [6.07, 6.45) is -4.56. The Balaban J connectivity index is 1.59. The number of aromatic hydroxyl groups is 1. The zero-order valence-electron chi connectivity index (χ0n) is 19.1. The van der Waals surface area contributed by atoms with E-state index in [9.17, 15) is 15.3 Å². The quantitative estimate of drug-likeness (QED) is 0.644. The number of ether oxygens (including phenoxy) is 5. The molecular formula is C25H30O8. The second kappa shape index (κ2) is 8.36. The number of hydrogen-bond donors (Lipinski definition) is 3. The molecule has 7 atom stereocenters. The Bertz CT molecular complexity index is 1040. The van der Waals surface area contributed by atoms with Crippen LogP contribution in [0.1, 0.15) is 54.2 Å². The Morgan fingerprint density at radius 2 is 1.61 bits per heavy atom. The van der Waals surface area contributed by atoms with Gasteiger partial charge in [0.2, 0.25) is 6.29 Å². The number of hydrogen-bond acceptors (Lipinski definition) is 8. The molecule has 1 saturated heterocycles. The van der Waals surface area contributed by atoms with Gasteiger partial charge < -0.3 is 39.0 Å². The van der Waals surface area contributed by atoms with E-state index in [0.29, 0.717) is 41.0 Å². The van der Waals surface area contributed by atoms with E-state index in [-0.39, 0.29) is 11.9 Å². The van der Waals surface area contributed by atoms with Crippen molar-refractivity contribution < 1.29 is 39.0 Å². The molecule has 2 aromatic rings. The highest BCUT2D eigenvalue weighted by Gasteiger charge is 2.51. The van der Waals surface area contributed by atoms with Crippen LogP contribution in [0.25, 0.3) is 0 Å². The fourth-order valence-corrected chi connectivity index (χ4v) is 5.04. The second-order valence-electron chi connectivity index (χ2n) is 8.93. The number of phenolic OH excluding ortho intramolecular Hbond substituents is 1. The molecule has 8 heteroatoms. The lowest BCUT2D eigenvalue weighted by Gasteiger charge is -2.42. The molecule has 0 saturated carbocycles. The molecule has 0 spiro atoms. The highest BCUT2D eigenvalue weighted by atomic mass is 16.7. The lowest BCUT2D eigenvalue weighted by atomic mass is 9.90. The summed E-state index contributed by atoms with van der Waals surface area (Å²) in [5.74, 6) is 1.77. The van der Waals surface area contributed by atoms with Gasteiger partial charge in [-0.2, -0.15) is 0 Å². The summed E-state index contributed by atoms with van der Waals surface area (Å²) in [4.78, 5) is 0. The minimum Gasteiger partial charge on any atom is -0.507 e. The average Bonchev–Trinajstić information content (AvgIpc) is 3.00. The fourth-order valence-electron chi connectivity index (χ4n) is 5.04. The largest absolute Gasteiger partial charge is 0.507 e. The SMILES string of the molecule is CCC1OC2Oc3c(C)c(O)c(C)c4c3C(C[C@H](c3ccc(OC)cc3)O4)OC2C(O)C1O. The first-order valence-corrected chi connectivity index (χ1v) is 11.3. The van der Waals surface area contributed by atoms with Gasteiger partial charge in [0.05, 0.1) is 24.9 Å². The van der Waals surface area contributed by atoms with Crippen molar-refractivity contribution in [3.63, 3.8) is 0 Å². The Hall–Kier alpha value is -2.52. The lowest BCUT2D eigenvalue weighted by molar-refractivity contribution is -0.288. The van der Waals surface area contributed by atoms with Crippen LogP contribution in [0.2, 0.25) is 0 Å². The molecule has 0 radical (unpaired) electrons. The number of benzene rings is 2. The summed E-state index contributed by atoms with van der Waals surface area (Å²) in [6.45, 7) is 5.44. The molecule has 33 heavy (non-hydrogen) atoms. The monoisotopic (exact) mass is 458 g/mol. The molecular weight excluding hydrogens is 428 g/mol. The van der Waals surface area contributed by atoms with Gasteiger partial charge >= 0.3 is 0 Å². The Morgan fingerprint density at radius 1 is 0.939 bits per heavy atom. The molecule has 3 heterocycles. The standard InChI is InChI=1S/C25H30O8/c1-5-15-20(27)21(28)24-25(32-15)33-23-12(3)19(26)11(2)22-18(23)17(31-24)10-16(30-22)13-6-8-14(29-4)9-7-13/h6-9,15-17,20-21,24-28H,5,10H2,1-4H3/t15?,16-,17?,20?,21?,24?,25?/m1/s1. The van der Waals surface area contributed by atoms with Gasteiger partial charge in [-0.15, -0.1) is 0 Å². The molecule has 3 aliphatic rings. The number of methoxy groups -OCH3 is 1. The van der Waals surface area contributed by atoms with Crippen molar-refractivity contribution in [1.82, 2.24) is 0 Å². The van der Waals surface area contributed by atoms with Gasteiger partial charge in [-0.05, 0) is 38.0 Å². The van der Waals surface area contributed by atoms with Gasteiger partial charge in [0.1, 0.15) is 47.4 Å². The van der Waals surface area contributed by atoms with Crippen LogP contribution in [0.3, 0.4) is 0 Å². The highest BCUT2D eigenvalue weighted by molar-refractivity contribution is 5.63. The molecule has 2 aromatic carbocycles. The van der Waals surface area contributed by atoms with Gasteiger partial charge in [0.15, 0.2) is 0 Å². The first-order chi connectivity index (χ1) is 15.8. The van der Waals surface area contributed by atoms with E-state index in [1.54, 1.807) is 21.0 Å². The molecule has 0 aliphatic carbocycles. The third-order valence-electron chi connectivity index (χ3n) is 6.98. The summed E-state index contributed by atoms with van der Waals surface area (Å²) in [5.41, 5.74) is 2.78. The van der Waals surface area contributed by atoms with Crippen molar-refractivity contribution in [2.75, 3.05) is 7.11 Å². The van der Waals surface area contributed by atoms with Crippen molar-refractivity contribution in [3.05, 3.63) is 46.5 Å². The number of aliphatic hydroxyl groups excluding tert-OH is 2. The topological polar surface area (TPSA) is 107 Å². The van der Waals surface area contributed by atoms with Crippen LogP contribution in [0.5, 0.6) is 23.0 Å². The molecule has 0 amide bonds. The molecule has 0 bridgehead atoms. The Kier molecular flexibility index (Phi) is 5.64. The minimum atomic E-state index is -1.18. The van der Waals surface area contributed by atoms with Crippen molar-refractivity contribution in [2.45, 2.75) is 76.5 Å². The lowest BCUT2D eigenvalue weighted by Crippen LogP contribution is -2.59. The van der Waals surface area contributed by atoms with E-state index in [1.807, 2.05) is 31.2 Å². The fraction of sp³-hybridized carbons (Fsp3) is 0.520. The van der Waals surface area contributed by atoms with E-state index in [1.165, 1.54) is 0 Å². The van der Waals surface area contributed by atoms with Crippen LogP contribution >= 0.6 is 0 Å². The molecule has 1 fully saturated rings. The minimum absolute atomic E-state index is 0.0831. The van der Waals surface area contributed by atoms with Crippen molar-refractivity contribution in [1.29, 1.82) is 0 Å². The average molecular weight is 459 g/mol. The second-order valence-corrected chi connectivity index (χ2v) is 8.93. The first-order valence-electron chi connectivity index (χ1n) is 11.3. The third-order valence-corrected chi connectivity index (χ3v) is 6.98.